The number of hydrogen-bond acceptors (Lipinski definition) is 0. The van der Waals surface area contributed by atoms with Crippen LogP contribution in [0, 0.1) is 6.08 Å². The smallest absolute Gasteiger partial charge is 1.00 e. The number of benzene rings is 1. The van der Waals surface area contributed by atoms with E-state index < -0.39 is 16.1 Å². The van der Waals surface area contributed by atoms with Crippen LogP contribution < -0.4 is 24.8 Å². The van der Waals surface area contributed by atoms with Crippen LogP contribution in [0.3, 0.4) is 0 Å². The molecule has 5 heteroatoms. The van der Waals surface area contributed by atoms with Gasteiger partial charge in [-0.15, -0.1) is 10.8 Å². The predicted molar refractivity (Wildman–Crippen MR) is 119 cm³/mol. The Labute approximate surface area is 206 Å². The first-order chi connectivity index (χ1) is 11.5. The molecule has 0 saturated carbocycles. The molecule has 0 spiro atoms. The van der Waals surface area contributed by atoms with Crippen LogP contribution in [0.1, 0.15) is 30.9 Å². The second-order valence-corrected chi connectivity index (χ2v) is 19.4. The second kappa shape index (κ2) is 12.1. The molecule has 1 aliphatic rings. The van der Waals surface area contributed by atoms with Crippen LogP contribution >= 0.6 is 0 Å². The number of rotatable bonds is 5. The van der Waals surface area contributed by atoms with Gasteiger partial charge < -0.3 is 24.8 Å². The van der Waals surface area contributed by atoms with Crippen molar-refractivity contribution < 1.29 is 51.0 Å². The van der Waals surface area contributed by atoms with Crippen molar-refractivity contribution in [3.63, 3.8) is 0 Å². The molecule has 0 aromatic heterocycles. The van der Waals surface area contributed by atoms with Gasteiger partial charge >= 0.3 is 26.2 Å². The van der Waals surface area contributed by atoms with Gasteiger partial charge in [0.05, 0.1) is 0 Å². The molecule has 1 unspecified atom stereocenters. The summed E-state index contributed by atoms with van der Waals surface area (Å²) in [4.78, 5) is 0. The first-order valence-electron chi connectivity index (χ1n) is 9.26. The molecule has 0 heterocycles. The number of allylic oxidation sites excluding steroid dienone is 7. The molecule has 0 nitrogen and oxygen atoms in total. The number of hydrogen-bond donors (Lipinski definition) is 0. The Morgan fingerprint density at radius 2 is 1.50 bits per heavy atom. The van der Waals surface area contributed by atoms with Crippen molar-refractivity contribution in [2.75, 3.05) is 0 Å². The molecular weight excluding hydrogens is 495 g/mol. The fourth-order valence-electron chi connectivity index (χ4n) is 3.62. The van der Waals surface area contributed by atoms with Crippen molar-refractivity contribution in [1.82, 2.24) is 0 Å². The first-order valence-corrected chi connectivity index (χ1v) is 16.3. The van der Waals surface area contributed by atoms with Crippen molar-refractivity contribution >= 4 is 22.2 Å². The van der Waals surface area contributed by atoms with Gasteiger partial charge in [0.25, 0.3) is 0 Å². The molecule has 2 rings (SSSR count). The van der Waals surface area contributed by atoms with E-state index >= 15 is 0 Å². The summed E-state index contributed by atoms with van der Waals surface area (Å²) >= 11 is 0. The van der Waals surface area contributed by atoms with Crippen molar-refractivity contribution in [1.29, 1.82) is 0 Å². The molecule has 28 heavy (non-hydrogen) atoms. The topological polar surface area (TPSA) is 0 Å². The Balaban J connectivity index is 0. The van der Waals surface area contributed by atoms with E-state index in [9.17, 15) is 0 Å². The summed E-state index contributed by atoms with van der Waals surface area (Å²) in [7, 11) is -2.77. The Kier molecular flexibility index (Phi) is 13.0. The summed E-state index contributed by atoms with van der Waals surface area (Å²) < 4.78 is 0. The van der Waals surface area contributed by atoms with Crippen LogP contribution in [0.4, 0.5) is 0 Å². The summed E-state index contributed by atoms with van der Waals surface area (Å²) in [5, 5.41) is 3.08. The van der Waals surface area contributed by atoms with Gasteiger partial charge in [-0.1, -0.05) is 89.5 Å². The van der Waals surface area contributed by atoms with E-state index in [-0.39, 0.29) is 51.0 Å². The van der Waals surface area contributed by atoms with Crippen LogP contribution in [0.25, 0.3) is 6.08 Å². The summed E-state index contributed by atoms with van der Waals surface area (Å²) in [5.74, 6) is 0.422. The quantitative estimate of drug-likeness (QED) is 0.307. The van der Waals surface area contributed by atoms with Crippen LogP contribution in [0.5, 0.6) is 0 Å². The average Bonchev–Trinajstić information content (AvgIpc) is 2.88. The minimum Gasteiger partial charge on any atom is -1.00 e. The molecular formula is C23H33Cl2Si2Zr. The van der Waals surface area contributed by atoms with Crippen LogP contribution in [-0.2, 0) is 26.2 Å². The van der Waals surface area contributed by atoms with Crippen molar-refractivity contribution in [3.8, 4) is 0 Å². The molecule has 1 aliphatic carbocycles. The summed E-state index contributed by atoms with van der Waals surface area (Å²) in [5.41, 5.74) is 4.25. The minimum absolute atomic E-state index is 0. The third-order valence-electron chi connectivity index (χ3n) is 4.81. The second-order valence-electron chi connectivity index (χ2n) is 9.29. The maximum Gasteiger partial charge on any atom is 3.00 e. The number of fused-ring (bicyclic) bond motifs is 1. The third kappa shape index (κ3) is 7.72. The van der Waals surface area contributed by atoms with E-state index in [2.05, 4.69) is 108 Å². The van der Waals surface area contributed by atoms with Crippen LogP contribution in [-0.4, -0.2) is 16.1 Å². The molecule has 0 fully saturated rings. The Bertz CT molecular complexity index is 760. The van der Waals surface area contributed by atoms with Crippen molar-refractivity contribution in [3.05, 3.63) is 75.7 Å². The molecule has 1 aromatic carbocycles. The fourth-order valence-corrected chi connectivity index (χ4v) is 7.34. The van der Waals surface area contributed by atoms with Gasteiger partial charge in [-0.05, 0) is 17.0 Å². The Morgan fingerprint density at radius 3 is 2.00 bits per heavy atom. The maximum absolute atomic E-state index is 3.58. The molecule has 0 N–H and O–H groups in total. The van der Waals surface area contributed by atoms with E-state index in [1.165, 1.54) is 21.9 Å². The van der Waals surface area contributed by atoms with E-state index in [0.29, 0.717) is 5.92 Å². The molecule has 151 valence electrons. The summed E-state index contributed by atoms with van der Waals surface area (Å²) in [6.45, 7) is 19.0. The van der Waals surface area contributed by atoms with Gasteiger partial charge in [0.2, 0.25) is 0 Å². The maximum atomic E-state index is 3.58. The largest absolute Gasteiger partial charge is 3.00 e. The zero-order valence-corrected chi connectivity index (χ0v) is 24.4. The van der Waals surface area contributed by atoms with Crippen LogP contribution in [0.15, 0.2) is 58.5 Å². The molecule has 0 aliphatic heterocycles. The van der Waals surface area contributed by atoms with Gasteiger partial charge in [-0.3, -0.25) is 0 Å². The summed E-state index contributed by atoms with van der Waals surface area (Å²) in [6.07, 6.45) is 12.8. The monoisotopic (exact) mass is 525 g/mol. The third-order valence-corrected chi connectivity index (χ3v) is 9.26. The molecule has 0 bridgehead atoms. The molecule has 1 aromatic rings. The van der Waals surface area contributed by atoms with Gasteiger partial charge in [0, 0.05) is 16.1 Å². The van der Waals surface area contributed by atoms with Gasteiger partial charge in [0.1, 0.15) is 0 Å². The first kappa shape index (κ1) is 30.3. The number of halogens is 2. The van der Waals surface area contributed by atoms with E-state index in [1.807, 2.05) is 0 Å². The standard InChI is InChI=1S/C23H33Si2.2ClH.Zr/c1-18(2)22(24(3,4)5)14-11-15-23(25(6,7)8)21-17-16-19-12-9-10-13-20(19)21;;;/h9-10,12-17,21H,1-8H3;2*1H;/q-1;;;+3/p-2. The fraction of sp³-hybridized carbons (Fsp3) is 0.391. The van der Waals surface area contributed by atoms with Gasteiger partial charge in [-0.25, -0.2) is 0 Å². The van der Waals surface area contributed by atoms with Crippen LogP contribution in [0.2, 0.25) is 39.3 Å². The zero-order valence-electron chi connectivity index (χ0n) is 18.5. The van der Waals surface area contributed by atoms with Gasteiger partial charge in [0.15, 0.2) is 0 Å². The predicted octanol–water partition coefficient (Wildman–Crippen LogP) is 1.18. The average molecular weight is 528 g/mol. The zero-order chi connectivity index (χ0) is 18.8. The van der Waals surface area contributed by atoms with Crippen molar-refractivity contribution in [2.45, 2.75) is 59.0 Å². The van der Waals surface area contributed by atoms with E-state index in [1.54, 1.807) is 5.20 Å². The molecule has 1 radical (unpaired) electrons. The molecule has 0 saturated heterocycles. The van der Waals surface area contributed by atoms with E-state index in [0.717, 1.165) is 0 Å². The molecule has 0 amide bonds. The van der Waals surface area contributed by atoms with E-state index in [4.69, 9.17) is 0 Å². The van der Waals surface area contributed by atoms with Crippen molar-refractivity contribution in [2.24, 2.45) is 0 Å². The minimum atomic E-state index is -1.44. The Morgan fingerprint density at radius 1 is 0.929 bits per heavy atom. The summed E-state index contributed by atoms with van der Waals surface area (Å²) in [6, 6.07) is 8.79. The van der Waals surface area contributed by atoms with Gasteiger partial charge in [-0.2, -0.15) is 23.4 Å². The normalized spacial score (nSPS) is 16.0. The molecule has 1 atom stereocenters. The Hall–Kier alpha value is 0.0769. The SMILES string of the molecule is CC(C)=C(C=[C-]C=C(C1C=Cc2ccccc21)[Si](C)(C)C)[Si](C)(C)C.[Cl-].[Cl-].[Zr+3].